The SMILES string of the molecule is CC(C)C1NCC2OC3NC(N)C(c4nn[nH]n4)CC3C(=O)C2N1. The minimum absolute atomic E-state index is 0.113. The predicted octanol–water partition coefficient (Wildman–Crippen LogP) is -1.98. The Morgan fingerprint density at radius 2 is 2.12 bits per heavy atom. The average Bonchev–Trinajstić information content (AvgIpc) is 3.08. The van der Waals surface area contributed by atoms with E-state index in [1.54, 1.807) is 0 Å². The van der Waals surface area contributed by atoms with Gasteiger partial charge in [-0.15, -0.1) is 10.2 Å². The van der Waals surface area contributed by atoms with Gasteiger partial charge in [-0.25, -0.2) is 0 Å². The monoisotopic (exact) mass is 336 g/mol. The first-order valence-corrected chi connectivity index (χ1v) is 8.48. The number of carbonyl (C=O) groups excluding carboxylic acids is 1. The van der Waals surface area contributed by atoms with E-state index in [9.17, 15) is 4.79 Å². The number of fused-ring (bicyclic) bond motifs is 2. The molecule has 0 aliphatic carbocycles. The van der Waals surface area contributed by atoms with Crippen LogP contribution in [0.1, 0.15) is 32.0 Å². The molecule has 6 N–H and O–H groups in total. The lowest BCUT2D eigenvalue weighted by Gasteiger charge is -2.49. The molecule has 0 spiro atoms. The summed E-state index contributed by atoms with van der Waals surface area (Å²) in [7, 11) is 0. The summed E-state index contributed by atoms with van der Waals surface area (Å²) in [6.45, 7) is 4.89. The van der Waals surface area contributed by atoms with E-state index >= 15 is 0 Å². The van der Waals surface area contributed by atoms with Crippen LogP contribution < -0.4 is 21.7 Å². The zero-order valence-corrected chi connectivity index (χ0v) is 13.8. The number of nitrogens with zero attached hydrogens (tertiary/aromatic N) is 3. The van der Waals surface area contributed by atoms with Crippen LogP contribution in [-0.4, -0.2) is 63.7 Å². The van der Waals surface area contributed by atoms with Gasteiger partial charge < -0.3 is 10.5 Å². The fourth-order valence-corrected chi connectivity index (χ4v) is 3.92. The van der Waals surface area contributed by atoms with Crippen LogP contribution in [0.4, 0.5) is 0 Å². The van der Waals surface area contributed by atoms with Gasteiger partial charge >= 0.3 is 0 Å². The number of aromatic amines is 1. The topological polar surface area (TPSA) is 143 Å². The molecule has 3 saturated heterocycles. The Hall–Kier alpha value is -1.46. The van der Waals surface area contributed by atoms with Crippen molar-refractivity contribution >= 4 is 5.78 Å². The number of hydrogen-bond donors (Lipinski definition) is 5. The number of aromatic nitrogens is 4. The fraction of sp³-hybridized carbons (Fsp3) is 0.857. The van der Waals surface area contributed by atoms with Crippen molar-refractivity contribution in [3.8, 4) is 0 Å². The average molecular weight is 336 g/mol. The third kappa shape index (κ3) is 2.64. The molecule has 7 unspecified atom stereocenters. The van der Waals surface area contributed by atoms with E-state index in [0.29, 0.717) is 24.7 Å². The maximum absolute atomic E-state index is 13.1. The third-order valence-corrected chi connectivity index (χ3v) is 5.29. The lowest BCUT2D eigenvalue weighted by molar-refractivity contribution is -0.169. The number of carbonyl (C=O) groups is 1. The van der Waals surface area contributed by atoms with E-state index in [4.69, 9.17) is 10.5 Å². The van der Waals surface area contributed by atoms with Crippen molar-refractivity contribution in [2.24, 2.45) is 17.6 Å². The summed E-state index contributed by atoms with van der Waals surface area (Å²) in [5, 5.41) is 24.1. The summed E-state index contributed by atoms with van der Waals surface area (Å²) in [4.78, 5) is 13.1. The molecule has 0 bridgehead atoms. The Balaban J connectivity index is 1.53. The molecule has 3 aliphatic heterocycles. The molecule has 1 aromatic heterocycles. The number of tetrazole rings is 1. The molecule has 10 heteroatoms. The van der Waals surface area contributed by atoms with E-state index < -0.39 is 0 Å². The summed E-state index contributed by atoms with van der Waals surface area (Å²) in [5.74, 6) is 0.657. The van der Waals surface area contributed by atoms with Crippen LogP contribution in [0.2, 0.25) is 0 Å². The number of rotatable bonds is 2. The predicted molar refractivity (Wildman–Crippen MR) is 83.4 cm³/mol. The van der Waals surface area contributed by atoms with Crippen LogP contribution in [0, 0.1) is 11.8 Å². The van der Waals surface area contributed by atoms with Gasteiger partial charge in [0.05, 0.1) is 36.3 Å². The highest BCUT2D eigenvalue weighted by Gasteiger charge is 2.51. The molecule has 0 amide bonds. The number of Topliss-reactive ketones (excluding diaryl/α,β-unsaturated/α-hetero) is 1. The van der Waals surface area contributed by atoms with E-state index in [1.165, 1.54) is 0 Å². The second kappa shape index (κ2) is 6.12. The van der Waals surface area contributed by atoms with Gasteiger partial charge in [0, 0.05) is 6.54 Å². The maximum atomic E-state index is 13.1. The van der Waals surface area contributed by atoms with Gasteiger partial charge in [0.2, 0.25) is 0 Å². The second-order valence-corrected chi connectivity index (χ2v) is 7.18. The van der Waals surface area contributed by atoms with Gasteiger partial charge in [-0.05, 0) is 12.3 Å². The first-order valence-electron chi connectivity index (χ1n) is 8.48. The number of piperidine rings is 1. The maximum Gasteiger partial charge on any atom is 0.180 e. The van der Waals surface area contributed by atoms with Gasteiger partial charge in [0.25, 0.3) is 0 Å². The molecule has 24 heavy (non-hydrogen) atoms. The van der Waals surface area contributed by atoms with E-state index in [0.717, 1.165) is 0 Å². The summed E-state index contributed by atoms with van der Waals surface area (Å²) in [6, 6.07) is -0.290. The Morgan fingerprint density at radius 1 is 1.29 bits per heavy atom. The highest BCUT2D eigenvalue weighted by molar-refractivity contribution is 5.88. The molecule has 4 heterocycles. The molecule has 0 aromatic carbocycles. The molecule has 3 aliphatic rings. The molecule has 7 atom stereocenters. The van der Waals surface area contributed by atoms with Crippen molar-refractivity contribution in [1.29, 1.82) is 0 Å². The van der Waals surface area contributed by atoms with E-state index in [2.05, 4.69) is 50.4 Å². The van der Waals surface area contributed by atoms with Gasteiger partial charge in [0.1, 0.15) is 6.23 Å². The Morgan fingerprint density at radius 3 is 2.83 bits per heavy atom. The molecule has 4 rings (SSSR count). The molecule has 1 aromatic rings. The molecular weight excluding hydrogens is 312 g/mol. The van der Waals surface area contributed by atoms with Gasteiger partial charge in [-0.3, -0.25) is 20.7 Å². The molecule has 0 radical (unpaired) electrons. The highest BCUT2D eigenvalue weighted by Crippen LogP contribution is 2.35. The van der Waals surface area contributed by atoms with Crippen molar-refractivity contribution in [3.63, 3.8) is 0 Å². The number of H-pyrrole nitrogens is 1. The van der Waals surface area contributed by atoms with Crippen molar-refractivity contribution in [1.82, 2.24) is 36.6 Å². The van der Waals surface area contributed by atoms with Gasteiger partial charge in [-0.1, -0.05) is 19.1 Å². The van der Waals surface area contributed by atoms with Crippen molar-refractivity contribution in [2.75, 3.05) is 6.54 Å². The normalized spacial score (nSPS) is 42.7. The van der Waals surface area contributed by atoms with Crippen LogP contribution in [0.15, 0.2) is 0 Å². The minimum atomic E-state index is -0.374. The van der Waals surface area contributed by atoms with Crippen LogP contribution in [0.3, 0.4) is 0 Å². The van der Waals surface area contributed by atoms with Crippen molar-refractivity contribution in [2.45, 2.75) is 56.9 Å². The molecule has 132 valence electrons. The zero-order valence-electron chi connectivity index (χ0n) is 13.8. The summed E-state index contributed by atoms with van der Waals surface area (Å²) in [5.41, 5.74) is 6.20. The van der Waals surface area contributed by atoms with E-state index in [1.807, 2.05) is 0 Å². The van der Waals surface area contributed by atoms with Gasteiger partial charge in [0.15, 0.2) is 11.6 Å². The zero-order chi connectivity index (χ0) is 16.8. The Kier molecular flexibility index (Phi) is 4.09. The lowest BCUT2D eigenvalue weighted by Crippen LogP contribution is -2.73. The van der Waals surface area contributed by atoms with Crippen LogP contribution in [0.5, 0.6) is 0 Å². The first kappa shape index (κ1) is 16.0. The number of nitrogens with one attached hydrogen (secondary N) is 4. The van der Waals surface area contributed by atoms with E-state index in [-0.39, 0.29) is 48.3 Å². The summed E-state index contributed by atoms with van der Waals surface area (Å²) >= 11 is 0. The van der Waals surface area contributed by atoms with Crippen LogP contribution in [0.25, 0.3) is 0 Å². The number of nitrogens with two attached hydrogens (primary N) is 1. The highest BCUT2D eigenvalue weighted by atomic mass is 16.5. The smallest absolute Gasteiger partial charge is 0.180 e. The Bertz CT molecular complexity index is 594. The summed E-state index contributed by atoms with van der Waals surface area (Å²) in [6.07, 6.45) is -0.253. The summed E-state index contributed by atoms with van der Waals surface area (Å²) < 4.78 is 6.13. The third-order valence-electron chi connectivity index (χ3n) is 5.29. The molecule has 3 fully saturated rings. The number of ketones is 1. The lowest BCUT2D eigenvalue weighted by atomic mass is 9.78. The van der Waals surface area contributed by atoms with Crippen molar-refractivity contribution < 1.29 is 9.53 Å². The quantitative estimate of drug-likeness (QED) is 0.415. The first-order chi connectivity index (χ1) is 11.5. The van der Waals surface area contributed by atoms with Gasteiger partial charge in [-0.2, -0.15) is 5.21 Å². The molecule has 10 nitrogen and oxygen atoms in total. The second-order valence-electron chi connectivity index (χ2n) is 7.18. The van der Waals surface area contributed by atoms with Crippen LogP contribution >= 0.6 is 0 Å². The minimum Gasteiger partial charge on any atom is -0.356 e. The molecule has 0 saturated carbocycles. The Labute approximate surface area is 139 Å². The molecular formula is C14H24N8O2. The standard InChI is InChI=1S/C14H24N8O2/c1-5(2)12-16-4-8-9(17-12)10(23)6-3-7(13-19-21-22-20-13)11(15)18-14(6)24-8/h5-9,11-12,14,16-18H,3-4,15H2,1-2H3,(H,19,20,21,22). The largest absolute Gasteiger partial charge is 0.356 e. The fourth-order valence-electron chi connectivity index (χ4n) is 3.92. The number of hydrogen-bond acceptors (Lipinski definition) is 9. The number of ether oxygens (including phenoxy) is 1. The van der Waals surface area contributed by atoms with Crippen molar-refractivity contribution in [3.05, 3.63) is 5.82 Å². The van der Waals surface area contributed by atoms with Crippen LogP contribution in [-0.2, 0) is 9.53 Å².